The molecule has 1 N–H and O–H groups in total. The summed E-state index contributed by atoms with van der Waals surface area (Å²) in [6, 6.07) is 24.2. The molecule has 1 atom stereocenters. The highest BCUT2D eigenvalue weighted by atomic mass is 16.5. The molecular weight excluding hydrogens is 362 g/mol. The average Bonchev–Trinajstić information content (AvgIpc) is 2.74. The maximum atomic E-state index is 13.0. The normalized spacial score (nSPS) is 11.8. The van der Waals surface area contributed by atoms with Gasteiger partial charge in [0, 0.05) is 17.3 Å². The Morgan fingerprint density at radius 2 is 1.55 bits per heavy atom. The molecule has 0 heterocycles. The van der Waals surface area contributed by atoms with Crippen LogP contribution in [0.2, 0.25) is 0 Å². The van der Waals surface area contributed by atoms with E-state index in [1.807, 2.05) is 68.4 Å². The van der Waals surface area contributed by atoms with Crippen molar-refractivity contribution in [3.63, 3.8) is 0 Å². The molecular formula is C25H23NO3. The van der Waals surface area contributed by atoms with Crippen LogP contribution in [0.5, 0.6) is 0 Å². The number of rotatable bonds is 6. The minimum Gasteiger partial charge on any atom is -0.444 e. The molecule has 146 valence electrons. The first-order valence-corrected chi connectivity index (χ1v) is 9.40. The number of ether oxygens (including phenoxy) is 1. The molecule has 3 rings (SSSR count). The summed E-state index contributed by atoms with van der Waals surface area (Å²) in [6.07, 6.45) is 1.94. The van der Waals surface area contributed by atoms with E-state index in [4.69, 9.17) is 4.74 Å². The Kier molecular flexibility index (Phi) is 6.59. The van der Waals surface area contributed by atoms with Gasteiger partial charge in [-0.3, -0.25) is 4.79 Å². The molecule has 4 heteroatoms. The van der Waals surface area contributed by atoms with Crippen molar-refractivity contribution in [1.82, 2.24) is 0 Å². The summed E-state index contributed by atoms with van der Waals surface area (Å²) < 4.78 is 5.52. The van der Waals surface area contributed by atoms with Crippen LogP contribution < -0.4 is 5.32 Å². The number of aryl methyl sites for hydroxylation is 2. The number of hydrogen-bond acceptors (Lipinski definition) is 3. The second-order valence-electron chi connectivity index (χ2n) is 6.78. The van der Waals surface area contributed by atoms with Gasteiger partial charge in [-0.2, -0.15) is 0 Å². The molecule has 4 nitrogen and oxygen atoms in total. The van der Waals surface area contributed by atoms with E-state index in [2.05, 4.69) is 5.32 Å². The third-order valence-corrected chi connectivity index (χ3v) is 4.44. The highest BCUT2D eigenvalue weighted by Gasteiger charge is 2.24. The second-order valence-corrected chi connectivity index (χ2v) is 6.78. The van der Waals surface area contributed by atoms with Crippen molar-refractivity contribution in [3.8, 4) is 0 Å². The smallest absolute Gasteiger partial charge is 0.331 e. The van der Waals surface area contributed by atoms with Crippen molar-refractivity contribution < 1.29 is 14.3 Å². The van der Waals surface area contributed by atoms with Gasteiger partial charge in [0.05, 0.1) is 0 Å². The quantitative estimate of drug-likeness (QED) is 0.466. The molecule has 0 spiro atoms. The molecule has 0 bridgehead atoms. The predicted octanol–water partition coefficient (Wildman–Crippen LogP) is 5.24. The van der Waals surface area contributed by atoms with E-state index < -0.39 is 18.0 Å². The molecule has 0 radical (unpaired) electrons. The Morgan fingerprint density at radius 1 is 0.897 bits per heavy atom. The summed E-state index contributed by atoms with van der Waals surface area (Å²) in [6.45, 7) is 3.87. The summed E-state index contributed by atoms with van der Waals surface area (Å²) >= 11 is 0. The number of carbonyl (C=O) groups is 2. The van der Waals surface area contributed by atoms with Gasteiger partial charge < -0.3 is 10.1 Å². The zero-order valence-corrected chi connectivity index (χ0v) is 16.5. The first kappa shape index (κ1) is 20.1. The third kappa shape index (κ3) is 5.66. The lowest BCUT2D eigenvalue weighted by atomic mass is 10.1. The van der Waals surface area contributed by atoms with Crippen molar-refractivity contribution in [3.05, 3.63) is 107 Å². The summed E-state index contributed by atoms with van der Waals surface area (Å²) in [7, 11) is 0. The number of amides is 1. The van der Waals surface area contributed by atoms with E-state index in [-0.39, 0.29) is 0 Å². The van der Waals surface area contributed by atoms with Crippen LogP contribution in [-0.4, -0.2) is 11.9 Å². The second kappa shape index (κ2) is 9.51. The van der Waals surface area contributed by atoms with E-state index >= 15 is 0 Å². The van der Waals surface area contributed by atoms with Crippen LogP contribution in [0.4, 0.5) is 5.69 Å². The van der Waals surface area contributed by atoms with Crippen LogP contribution in [0.1, 0.15) is 28.4 Å². The SMILES string of the molecule is Cc1ccc(C)c(NC(=O)C(OC(=O)/C=C/c2ccccc2)c2ccccc2)c1. The molecule has 0 aliphatic rings. The van der Waals surface area contributed by atoms with E-state index in [1.165, 1.54) is 6.08 Å². The fraction of sp³-hybridized carbons (Fsp3) is 0.120. The molecule has 1 unspecified atom stereocenters. The average molecular weight is 385 g/mol. The van der Waals surface area contributed by atoms with Crippen molar-refractivity contribution in [2.75, 3.05) is 5.32 Å². The maximum Gasteiger partial charge on any atom is 0.331 e. The molecule has 0 aliphatic heterocycles. The van der Waals surface area contributed by atoms with E-state index in [1.54, 1.807) is 30.3 Å². The summed E-state index contributed by atoms with van der Waals surface area (Å²) in [5.41, 5.74) is 4.15. The van der Waals surface area contributed by atoms with E-state index in [9.17, 15) is 9.59 Å². The minimum absolute atomic E-state index is 0.397. The lowest BCUT2D eigenvalue weighted by Crippen LogP contribution is -2.25. The molecule has 0 fully saturated rings. The number of esters is 1. The highest BCUT2D eigenvalue weighted by Crippen LogP contribution is 2.23. The van der Waals surface area contributed by atoms with E-state index in [0.717, 1.165) is 16.7 Å². The third-order valence-electron chi connectivity index (χ3n) is 4.44. The van der Waals surface area contributed by atoms with Crippen molar-refractivity contribution in [2.24, 2.45) is 0 Å². The van der Waals surface area contributed by atoms with Crippen LogP contribution in [0.15, 0.2) is 84.9 Å². The Bertz CT molecular complexity index is 1010. The fourth-order valence-corrected chi connectivity index (χ4v) is 2.85. The Balaban J connectivity index is 1.79. The van der Waals surface area contributed by atoms with Crippen LogP contribution in [-0.2, 0) is 14.3 Å². The number of carbonyl (C=O) groups excluding carboxylic acids is 2. The lowest BCUT2D eigenvalue weighted by Gasteiger charge is -2.18. The number of hydrogen-bond donors (Lipinski definition) is 1. The minimum atomic E-state index is -1.05. The molecule has 0 saturated heterocycles. The van der Waals surface area contributed by atoms with Gasteiger partial charge in [-0.05, 0) is 42.7 Å². The zero-order chi connectivity index (χ0) is 20.6. The van der Waals surface area contributed by atoms with Gasteiger partial charge in [0.25, 0.3) is 5.91 Å². The van der Waals surface area contributed by atoms with Crippen molar-refractivity contribution in [2.45, 2.75) is 20.0 Å². The Labute approximate surface area is 170 Å². The van der Waals surface area contributed by atoms with Gasteiger partial charge in [0.2, 0.25) is 6.10 Å². The van der Waals surface area contributed by atoms with Crippen LogP contribution in [0.3, 0.4) is 0 Å². The summed E-state index contributed by atoms with van der Waals surface area (Å²) in [5, 5.41) is 2.89. The van der Waals surface area contributed by atoms with Crippen molar-refractivity contribution >= 4 is 23.6 Å². The maximum absolute atomic E-state index is 13.0. The molecule has 0 saturated carbocycles. The van der Waals surface area contributed by atoms with Gasteiger partial charge >= 0.3 is 5.97 Å². The van der Waals surface area contributed by atoms with Crippen LogP contribution in [0.25, 0.3) is 6.08 Å². The van der Waals surface area contributed by atoms with E-state index in [0.29, 0.717) is 11.3 Å². The predicted molar refractivity (Wildman–Crippen MR) is 115 cm³/mol. The first-order valence-electron chi connectivity index (χ1n) is 9.40. The lowest BCUT2D eigenvalue weighted by molar-refractivity contribution is -0.149. The standard InChI is InChI=1S/C25H23NO3/c1-18-13-14-19(2)22(17-18)26-25(28)24(21-11-7-4-8-12-21)29-23(27)16-15-20-9-5-3-6-10-20/h3-17,24H,1-2H3,(H,26,28)/b16-15+. The Morgan fingerprint density at radius 3 is 2.24 bits per heavy atom. The monoisotopic (exact) mass is 385 g/mol. The first-order chi connectivity index (χ1) is 14.0. The summed E-state index contributed by atoms with van der Waals surface area (Å²) in [4.78, 5) is 25.4. The fourth-order valence-electron chi connectivity index (χ4n) is 2.85. The van der Waals surface area contributed by atoms with Crippen LogP contribution >= 0.6 is 0 Å². The molecule has 1 amide bonds. The zero-order valence-electron chi connectivity index (χ0n) is 16.5. The summed E-state index contributed by atoms with van der Waals surface area (Å²) in [5.74, 6) is -0.981. The topological polar surface area (TPSA) is 55.4 Å². The largest absolute Gasteiger partial charge is 0.444 e. The highest BCUT2D eigenvalue weighted by molar-refractivity contribution is 5.98. The Hall–Kier alpha value is -3.66. The molecule has 3 aromatic rings. The van der Waals surface area contributed by atoms with Gasteiger partial charge in [0.15, 0.2) is 0 Å². The van der Waals surface area contributed by atoms with Gasteiger partial charge in [-0.15, -0.1) is 0 Å². The van der Waals surface area contributed by atoms with Crippen LogP contribution in [0, 0.1) is 13.8 Å². The number of nitrogens with one attached hydrogen (secondary N) is 1. The number of anilines is 1. The van der Waals surface area contributed by atoms with Crippen molar-refractivity contribution in [1.29, 1.82) is 0 Å². The van der Waals surface area contributed by atoms with Gasteiger partial charge in [-0.1, -0.05) is 72.8 Å². The molecule has 0 aromatic heterocycles. The number of benzene rings is 3. The molecule has 29 heavy (non-hydrogen) atoms. The molecule has 3 aromatic carbocycles. The molecule has 0 aliphatic carbocycles. The van der Waals surface area contributed by atoms with Gasteiger partial charge in [0.1, 0.15) is 0 Å². The van der Waals surface area contributed by atoms with Gasteiger partial charge in [-0.25, -0.2) is 4.79 Å².